The highest BCUT2D eigenvalue weighted by Crippen LogP contribution is 2.60. The number of thiophene rings is 1. The molecule has 6 heteroatoms. The number of primary amides is 1. The van der Waals surface area contributed by atoms with Crippen LogP contribution < -0.4 is 11.1 Å². The first-order valence-corrected chi connectivity index (χ1v) is 11.1. The Balaban J connectivity index is 1.33. The van der Waals surface area contributed by atoms with E-state index >= 15 is 0 Å². The molecular weight excluding hydrogens is 392 g/mol. The number of nitrogens with two attached hydrogens (primary N) is 1. The average Bonchev–Trinajstić information content (AvgIpc) is 3.14. The maximum atomic E-state index is 13.0. The molecular formula is C22H23ClN2O2S. The van der Waals surface area contributed by atoms with Crippen LogP contribution in [0.4, 0.5) is 0 Å². The highest BCUT2D eigenvalue weighted by molar-refractivity contribution is 7.17. The SMILES string of the molecule is NC(=O)[C@]12CC3CC(C1)[C@@H](NC(=O)c1ccc(-c4ccccc4Cl)s1)C(C3)C2. The van der Waals surface area contributed by atoms with Crippen LogP contribution in [-0.4, -0.2) is 17.9 Å². The van der Waals surface area contributed by atoms with Crippen molar-refractivity contribution in [1.29, 1.82) is 0 Å². The lowest BCUT2D eigenvalue weighted by Crippen LogP contribution is -2.62. The van der Waals surface area contributed by atoms with Crippen LogP contribution in [0.3, 0.4) is 0 Å². The number of nitrogens with one attached hydrogen (secondary N) is 1. The fourth-order valence-corrected chi connectivity index (χ4v) is 7.29. The average molecular weight is 415 g/mol. The first kappa shape index (κ1) is 18.2. The summed E-state index contributed by atoms with van der Waals surface area (Å²) in [4.78, 5) is 26.7. The monoisotopic (exact) mass is 414 g/mol. The largest absolute Gasteiger partial charge is 0.369 e. The van der Waals surface area contributed by atoms with Crippen LogP contribution >= 0.6 is 22.9 Å². The van der Waals surface area contributed by atoms with Gasteiger partial charge in [0.25, 0.3) is 5.91 Å². The van der Waals surface area contributed by atoms with Crippen molar-refractivity contribution in [3.8, 4) is 10.4 Å². The second-order valence-corrected chi connectivity index (χ2v) is 10.2. The van der Waals surface area contributed by atoms with E-state index < -0.39 is 0 Å². The maximum absolute atomic E-state index is 13.0. The number of carbonyl (C=O) groups excluding carboxylic acids is 2. The molecule has 4 fully saturated rings. The molecule has 0 spiro atoms. The zero-order valence-corrected chi connectivity index (χ0v) is 17.1. The second kappa shape index (κ2) is 6.60. The standard InChI is InChI=1S/C22H23ClN2O2S/c23-16-4-2-1-3-15(16)17-5-6-18(28-17)20(26)25-19-13-7-12-8-14(19)11-22(9-12,10-13)21(24)27/h1-6,12-14,19H,7-11H2,(H2,24,27)(H,25,26)/t12?,13?,14?,19-,22-. The molecule has 4 aliphatic carbocycles. The van der Waals surface area contributed by atoms with Crippen LogP contribution in [0.15, 0.2) is 36.4 Å². The van der Waals surface area contributed by atoms with Crippen molar-refractivity contribution < 1.29 is 9.59 Å². The molecule has 0 aliphatic heterocycles. The van der Waals surface area contributed by atoms with Crippen molar-refractivity contribution in [2.24, 2.45) is 28.9 Å². The Kier molecular flexibility index (Phi) is 4.29. The summed E-state index contributed by atoms with van der Waals surface area (Å²) in [5.74, 6) is 1.16. The van der Waals surface area contributed by atoms with E-state index in [1.807, 2.05) is 36.4 Å². The molecule has 1 aromatic carbocycles. The summed E-state index contributed by atoms with van der Waals surface area (Å²) in [6.45, 7) is 0. The molecule has 2 unspecified atom stereocenters. The number of hydrogen-bond donors (Lipinski definition) is 2. The van der Waals surface area contributed by atoms with Crippen LogP contribution in [0.2, 0.25) is 5.02 Å². The minimum Gasteiger partial charge on any atom is -0.369 e. The molecule has 28 heavy (non-hydrogen) atoms. The molecule has 6 rings (SSSR count). The van der Waals surface area contributed by atoms with Gasteiger partial charge in [0.05, 0.1) is 4.88 Å². The summed E-state index contributed by atoms with van der Waals surface area (Å²) in [7, 11) is 0. The second-order valence-electron chi connectivity index (χ2n) is 8.76. The third-order valence-electron chi connectivity index (χ3n) is 7.06. The van der Waals surface area contributed by atoms with E-state index in [1.54, 1.807) is 0 Å². The first-order chi connectivity index (χ1) is 13.4. The van der Waals surface area contributed by atoms with Gasteiger partial charge in [-0.1, -0.05) is 29.8 Å². The molecule has 2 amide bonds. The molecule has 0 radical (unpaired) electrons. The Labute approximate surface area is 173 Å². The van der Waals surface area contributed by atoms with Crippen LogP contribution in [0.1, 0.15) is 41.8 Å². The Morgan fingerprint density at radius 1 is 1.07 bits per heavy atom. The van der Waals surface area contributed by atoms with Gasteiger partial charge >= 0.3 is 0 Å². The lowest BCUT2D eigenvalue weighted by Gasteiger charge is -2.58. The number of halogens is 1. The van der Waals surface area contributed by atoms with E-state index in [2.05, 4.69) is 5.32 Å². The fourth-order valence-electron chi connectivity index (χ4n) is 6.05. The molecule has 4 bridgehead atoms. The Morgan fingerprint density at radius 3 is 2.46 bits per heavy atom. The molecule has 0 saturated heterocycles. The number of benzene rings is 1. The summed E-state index contributed by atoms with van der Waals surface area (Å²) < 4.78 is 0. The summed E-state index contributed by atoms with van der Waals surface area (Å²) >= 11 is 7.76. The van der Waals surface area contributed by atoms with Gasteiger partial charge in [-0.2, -0.15) is 0 Å². The lowest BCUT2D eigenvalue weighted by atomic mass is 9.47. The van der Waals surface area contributed by atoms with E-state index in [-0.39, 0.29) is 23.3 Å². The Hall–Kier alpha value is -1.85. The highest BCUT2D eigenvalue weighted by atomic mass is 35.5. The lowest BCUT2D eigenvalue weighted by molar-refractivity contribution is -0.145. The van der Waals surface area contributed by atoms with E-state index in [1.165, 1.54) is 11.3 Å². The number of hydrogen-bond acceptors (Lipinski definition) is 3. The summed E-state index contributed by atoms with van der Waals surface area (Å²) in [5.41, 5.74) is 6.39. The first-order valence-electron chi connectivity index (χ1n) is 9.91. The Bertz CT molecular complexity index is 940. The third kappa shape index (κ3) is 2.87. The zero-order valence-electron chi connectivity index (χ0n) is 15.5. The molecule has 1 aromatic heterocycles. The van der Waals surface area contributed by atoms with E-state index in [0.717, 1.165) is 42.5 Å². The molecule has 2 aromatic rings. The predicted molar refractivity (Wildman–Crippen MR) is 111 cm³/mol. The molecule has 4 saturated carbocycles. The van der Waals surface area contributed by atoms with Gasteiger partial charge in [-0.15, -0.1) is 11.3 Å². The van der Waals surface area contributed by atoms with Crippen molar-refractivity contribution in [2.45, 2.75) is 38.1 Å². The molecule has 146 valence electrons. The van der Waals surface area contributed by atoms with Crippen molar-refractivity contribution in [1.82, 2.24) is 5.32 Å². The highest BCUT2D eigenvalue weighted by Gasteiger charge is 2.58. The van der Waals surface area contributed by atoms with Crippen molar-refractivity contribution in [2.75, 3.05) is 0 Å². The fraction of sp³-hybridized carbons (Fsp3) is 0.455. The molecule has 2 atom stereocenters. The van der Waals surface area contributed by atoms with Crippen LogP contribution in [0.25, 0.3) is 10.4 Å². The van der Waals surface area contributed by atoms with Crippen molar-refractivity contribution in [3.63, 3.8) is 0 Å². The maximum Gasteiger partial charge on any atom is 0.261 e. The van der Waals surface area contributed by atoms with Crippen LogP contribution in [0, 0.1) is 23.2 Å². The van der Waals surface area contributed by atoms with Gasteiger partial charge in [-0.25, -0.2) is 0 Å². The topological polar surface area (TPSA) is 72.2 Å². The van der Waals surface area contributed by atoms with Crippen molar-refractivity contribution >= 4 is 34.8 Å². The molecule has 1 heterocycles. The van der Waals surface area contributed by atoms with Gasteiger partial charge < -0.3 is 11.1 Å². The van der Waals surface area contributed by atoms with E-state index in [4.69, 9.17) is 17.3 Å². The van der Waals surface area contributed by atoms with Gasteiger partial charge in [-0.05, 0) is 68.1 Å². The van der Waals surface area contributed by atoms with Gasteiger partial charge in [0.1, 0.15) is 0 Å². The smallest absolute Gasteiger partial charge is 0.261 e. The minimum atomic E-state index is -0.322. The van der Waals surface area contributed by atoms with Crippen LogP contribution in [-0.2, 0) is 4.79 Å². The van der Waals surface area contributed by atoms with Gasteiger partial charge in [-0.3, -0.25) is 9.59 Å². The molecule has 4 aliphatic rings. The third-order valence-corrected chi connectivity index (χ3v) is 8.51. The summed E-state index contributed by atoms with van der Waals surface area (Å²) in [6, 6.07) is 11.7. The van der Waals surface area contributed by atoms with E-state index in [9.17, 15) is 9.59 Å². The zero-order chi connectivity index (χ0) is 19.5. The number of rotatable bonds is 4. The van der Waals surface area contributed by atoms with Crippen LogP contribution in [0.5, 0.6) is 0 Å². The van der Waals surface area contributed by atoms with E-state index in [0.29, 0.717) is 27.7 Å². The summed E-state index contributed by atoms with van der Waals surface area (Å²) in [6.07, 6.45) is 4.81. The molecule has 3 N–H and O–H groups in total. The van der Waals surface area contributed by atoms with Gasteiger partial charge in [0.2, 0.25) is 5.91 Å². The quantitative estimate of drug-likeness (QED) is 0.774. The normalized spacial score (nSPS) is 33.0. The minimum absolute atomic E-state index is 0.0195. The number of carbonyl (C=O) groups is 2. The summed E-state index contributed by atoms with van der Waals surface area (Å²) in [5, 5.41) is 3.99. The van der Waals surface area contributed by atoms with Gasteiger partial charge in [0, 0.05) is 26.9 Å². The number of amides is 2. The van der Waals surface area contributed by atoms with Gasteiger partial charge in [0.15, 0.2) is 0 Å². The Morgan fingerprint density at radius 2 is 1.79 bits per heavy atom. The van der Waals surface area contributed by atoms with Crippen molar-refractivity contribution in [3.05, 3.63) is 46.3 Å². The molecule has 4 nitrogen and oxygen atoms in total. The predicted octanol–water partition coefficient (Wildman–Crippen LogP) is 4.48.